The van der Waals surface area contributed by atoms with Crippen LogP contribution in [0.5, 0.6) is 0 Å². The molecule has 0 fully saturated rings. The molecule has 0 bridgehead atoms. The number of nitrogens with zero attached hydrogens (tertiary/aromatic N) is 1. The SMILES string of the molecule is CCCCC/C=C\CCC(C)O[Si](CCCCCCN(CC)CC)(OC(C)CC/C=C\CCCCC)OC(C)CC/C=C\CCCCC. The molecule has 5 heteroatoms. The maximum Gasteiger partial charge on any atom is 0.501 e. The van der Waals surface area contributed by atoms with Crippen LogP contribution < -0.4 is 0 Å². The first kappa shape index (κ1) is 47.3. The smallest absolute Gasteiger partial charge is 0.371 e. The van der Waals surface area contributed by atoms with Gasteiger partial charge in [0.15, 0.2) is 0 Å². The van der Waals surface area contributed by atoms with Crippen LogP contribution in [0.2, 0.25) is 6.04 Å². The third kappa shape index (κ3) is 29.0. The van der Waals surface area contributed by atoms with Gasteiger partial charge in [-0.05, 0) is 130 Å². The Morgan fingerprint density at radius 2 is 0.792 bits per heavy atom. The summed E-state index contributed by atoms with van der Waals surface area (Å²) in [4.78, 5) is 2.54. The molecule has 48 heavy (non-hydrogen) atoms. The van der Waals surface area contributed by atoms with Crippen LogP contribution in [-0.4, -0.2) is 51.7 Å². The highest BCUT2D eigenvalue weighted by molar-refractivity contribution is 6.60. The highest BCUT2D eigenvalue weighted by atomic mass is 28.4. The molecule has 0 aliphatic rings. The van der Waals surface area contributed by atoms with Crippen molar-refractivity contribution in [2.24, 2.45) is 0 Å². The summed E-state index contributed by atoms with van der Waals surface area (Å²) in [5, 5.41) is 0. The molecule has 284 valence electrons. The minimum absolute atomic E-state index is 0.121. The highest BCUT2D eigenvalue weighted by Gasteiger charge is 2.45. The van der Waals surface area contributed by atoms with Crippen LogP contribution in [0.25, 0.3) is 0 Å². The molecule has 0 amide bonds. The van der Waals surface area contributed by atoms with Crippen molar-refractivity contribution in [3.8, 4) is 0 Å². The van der Waals surface area contributed by atoms with Gasteiger partial charge in [-0.1, -0.05) is 122 Å². The van der Waals surface area contributed by atoms with Gasteiger partial charge in [0.05, 0.1) is 0 Å². The molecule has 0 aliphatic heterocycles. The summed E-state index contributed by atoms with van der Waals surface area (Å²) >= 11 is 0. The third-order valence-corrected chi connectivity index (χ3v) is 12.6. The molecule has 0 N–H and O–H groups in total. The Labute approximate surface area is 303 Å². The van der Waals surface area contributed by atoms with E-state index in [1.807, 2.05) is 0 Å². The van der Waals surface area contributed by atoms with E-state index in [2.05, 4.69) is 96.7 Å². The molecular formula is C43H85NO3Si. The predicted octanol–water partition coefficient (Wildman–Crippen LogP) is 13.8. The first-order valence-corrected chi connectivity index (χ1v) is 23.0. The lowest BCUT2D eigenvalue weighted by molar-refractivity contribution is -0.0134. The number of hydrogen-bond acceptors (Lipinski definition) is 4. The first-order chi connectivity index (χ1) is 23.4. The second-order valence-corrected chi connectivity index (χ2v) is 16.9. The number of allylic oxidation sites excluding steroid dienone is 6. The molecule has 0 spiro atoms. The van der Waals surface area contributed by atoms with Crippen LogP contribution in [0.1, 0.15) is 197 Å². The van der Waals surface area contributed by atoms with Crippen molar-refractivity contribution in [1.82, 2.24) is 4.90 Å². The molecule has 4 nitrogen and oxygen atoms in total. The zero-order chi connectivity index (χ0) is 35.6. The van der Waals surface area contributed by atoms with Gasteiger partial charge in [0.25, 0.3) is 0 Å². The largest absolute Gasteiger partial charge is 0.501 e. The molecule has 3 atom stereocenters. The normalized spacial score (nSPS) is 15.7. The minimum Gasteiger partial charge on any atom is -0.371 e. The standard InChI is InChI=1S/C43H85NO3Si/c1-9-14-17-20-23-26-31-36-41(6)45-48(40-35-30-29-34-39-44(12-4)13-5,46-42(7)37-32-27-24-21-18-15-10-2)47-43(8)38-33-28-25-22-19-16-11-3/h23-28,41-43H,9-22,29-40H2,1-8H3/b26-23-,27-24-,28-25-. The zero-order valence-electron chi connectivity index (χ0n) is 33.8. The summed E-state index contributed by atoms with van der Waals surface area (Å²) in [6.45, 7) is 21.6. The maximum absolute atomic E-state index is 7.06. The van der Waals surface area contributed by atoms with Crippen molar-refractivity contribution in [2.45, 2.75) is 221 Å². The molecule has 0 rings (SSSR count). The maximum atomic E-state index is 7.06. The van der Waals surface area contributed by atoms with E-state index in [1.165, 1.54) is 103 Å². The Morgan fingerprint density at radius 1 is 0.438 bits per heavy atom. The zero-order valence-corrected chi connectivity index (χ0v) is 34.8. The molecule has 0 heterocycles. The summed E-state index contributed by atoms with van der Waals surface area (Å²) in [5.41, 5.74) is 0. The lowest BCUT2D eigenvalue weighted by atomic mass is 10.1. The van der Waals surface area contributed by atoms with Crippen molar-refractivity contribution in [2.75, 3.05) is 19.6 Å². The van der Waals surface area contributed by atoms with E-state index in [-0.39, 0.29) is 18.3 Å². The lowest BCUT2D eigenvalue weighted by Gasteiger charge is -2.37. The Bertz CT molecular complexity index is 671. The summed E-state index contributed by atoms with van der Waals surface area (Å²) in [7, 11) is -2.92. The average Bonchev–Trinajstić information content (AvgIpc) is 3.06. The summed E-state index contributed by atoms with van der Waals surface area (Å²) in [5.74, 6) is 0. The third-order valence-electron chi connectivity index (χ3n) is 9.39. The molecule has 3 unspecified atom stereocenters. The van der Waals surface area contributed by atoms with Crippen LogP contribution in [0.4, 0.5) is 0 Å². The van der Waals surface area contributed by atoms with E-state index in [0.29, 0.717) is 0 Å². The predicted molar refractivity (Wildman–Crippen MR) is 216 cm³/mol. The monoisotopic (exact) mass is 692 g/mol. The van der Waals surface area contributed by atoms with Gasteiger partial charge >= 0.3 is 8.80 Å². The van der Waals surface area contributed by atoms with Crippen molar-refractivity contribution >= 4 is 8.80 Å². The second kappa shape index (κ2) is 34.7. The Kier molecular flexibility index (Phi) is 34.2. The second-order valence-electron chi connectivity index (χ2n) is 14.3. The van der Waals surface area contributed by atoms with Crippen LogP contribution in [0.3, 0.4) is 0 Å². The minimum atomic E-state index is -2.92. The van der Waals surface area contributed by atoms with Gasteiger partial charge in [0, 0.05) is 24.4 Å². The van der Waals surface area contributed by atoms with E-state index < -0.39 is 8.80 Å². The fourth-order valence-corrected chi connectivity index (χ4v) is 9.56. The van der Waals surface area contributed by atoms with Gasteiger partial charge in [-0.2, -0.15) is 0 Å². The van der Waals surface area contributed by atoms with E-state index in [9.17, 15) is 0 Å². The Morgan fingerprint density at radius 3 is 1.15 bits per heavy atom. The molecule has 0 saturated carbocycles. The number of hydrogen-bond donors (Lipinski definition) is 0. The Balaban J connectivity index is 5.60. The quantitative estimate of drug-likeness (QED) is 0.0372. The number of rotatable bonds is 36. The van der Waals surface area contributed by atoms with E-state index in [4.69, 9.17) is 13.3 Å². The van der Waals surface area contributed by atoms with Crippen molar-refractivity contribution in [3.05, 3.63) is 36.5 Å². The molecular weight excluding hydrogens is 607 g/mol. The van der Waals surface area contributed by atoms with E-state index in [0.717, 1.165) is 64.1 Å². The average molecular weight is 692 g/mol. The molecule has 0 saturated heterocycles. The van der Waals surface area contributed by atoms with Crippen LogP contribution in [-0.2, 0) is 13.3 Å². The molecule has 0 aromatic rings. The van der Waals surface area contributed by atoms with Crippen LogP contribution in [0.15, 0.2) is 36.5 Å². The first-order valence-electron chi connectivity index (χ1n) is 21.1. The molecule has 0 aromatic heterocycles. The van der Waals surface area contributed by atoms with Gasteiger partial charge in [-0.15, -0.1) is 0 Å². The molecule has 0 aromatic carbocycles. The van der Waals surface area contributed by atoms with Gasteiger partial charge in [-0.25, -0.2) is 0 Å². The van der Waals surface area contributed by atoms with Crippen LogP contribution >= 0.6 is 0 Å². The van der Waals surface area contributed by atoms with Crippen molar-refractivity contribution < 1.29 is 13.3 Å². The van der Waals surface area contributed by atoms with Crippen molar-refractivity contribution in [1.29, 1.82) is 0 Å². The van der Waals surface area contributed by atoms with Gasteiger partial charge in [-0.3, -0.25) is 0 Å². The van der Waals surface area contributed by atoms with Gasteiger partial charge in [0.1, 0.15) is 0 Å². The molecule has 0 aliphatic carbocycles. The fourth-order valence-electron chi connectivity index (χ4n) is 6.16. The van der Waals surface area contributed by atoms with Gasteiger partial charge < -0.3 is 18.2 Å². The van der Waals surface area contributed by atoms with E-state index in [1.54, 1.807) is 0 Å². The molecule has 0 radical (unpaired) electrons. The summed E-state index contributed by atoms with van der Waals surface area (Å²) < 4.78 is 21.2. The summed E-state index contributed by atoms with van der Waals surface area (Å²) in [6.07, 6.45) is 40.9. The van der Waals surface area contributed by atoms with E-state index >= 15 is 0 Å². The van der Waals surface area contributed by atoms with Crippen LogP contribution in [0, 0.1) is 0 Å². The lowest BCUT2D eigenvalue weighted by Crippen LogP contribution is -2.51. The number of unbranched alkanes of at least 4 members (excludes halogenated alkanes) is 12. The highest BCUT2D eigenvalue weighted by Crippen LogP contribution is 2.28. The topological polar surface area (TPSA) is 30.9 Å². The van der Waals surface area contributed by atoms with Gasteiger partial charge in [0.2, 0.25) is 0 Å². The Hall–Kier alpha value is -0.723. The summed E-state index contributed by atoms with van der Waals surface area (Å²) in [6, 6.07) is 0.920. The fraction of sp³-hybridized carbons (Fsp3) is 0.860. The van der Waals surface area contributed by atoms with Crippen molar-refractivity contribution in [3.63, 3.8) is 0 Å².